The molecule has 662 valence electrons. The molecule has 0 radical (unpaired) electrons. The number of para-hydroxylation sites is 3. The number of rotatable bonds is 42. The van der Waals surface area contributed by atoms with Gasteiger partial charge in [0.15, 0.2) is 0 Å². The summed E-state index contributed by atoms with van der Waals surface area (Å²) in [7, 11) is 0. The number of hydrogen-bond acceptors (Lipinski definition) is 7. The summed E-state index contributed by atoms with van der Waals surface area (Å²) in [6, 6.07) is 69.5. The van der Waals surface area contributed by atoms with Gasteiger partial charge in [0.05, 0.1) is 67.6 Å². The molecular formula is C114H135N7O6. The van der Waals surface area contributed by atoms with E-state index in [1.54, 1.807) is 0 Å². The average Bonchev–Trinajstić information content (AvgIpc) is 1.58. The van der Waals surface area contributed by atoms with E-state index in [0.29, 0.717) is 90.5 Å². The van der Waals surface area contributed by atoms with Crippen molar-refractivity contribution < 1.29 is 28.8 Å². The van der Waals surface area contributed by atoms with Crippen LogP contribution in [0.5, 0.6) is 0 Å². The molecule has 0 spiro atoms. The highest BCUT2D eigenvalue weighted by molar-refractivity contribution is 6.52. The minimum absolute atomic E-state index is 0.108. The Hall–Kier alpha value is -11.2. The van der Waals surface area contributed by atoms with E-state index in [-0.39, 0.29) is 53.2 Å². The van der Waals surface area contributed by atoms with Gasteiger partial charge in [-0.15, -0.1) is 0 Å². The van der Waals surface area contributed by atoms with Crippen LogP contribution in [-0.4, -0.2) is 74.7 Å². The Morgan fingerprint density at radius 2 is 0.409 bits per heavy atom. The normalized spacial score (nSPS) is 17.8. The number of fused-ring (bicyclic) bond motifs is 6. The lowest BCUT2D eigenvalue weighted by Crippen LogP contribution is -2.34. The fourth-order valence-corrected chi connectivity index (χ4v) is 20.9. The molecule has 0 aliphatic carbocycles. The van der Waals surface area contributed by atoms with Gasteiger partial charge in [0.2, 0.25) is 0 Å². The maximum absolute atomic E-state index is 15.9. The topological polar surface area (TPSA) is 125 Å². The highest BCUT2D eigenvalue weighted by Gasteiger charge is 2.48. The van der Waals surface area contributed by atoms with Crippen molar-refractivity contribution in [1.29, 1.82) is 0 Å². The van der Waals surface area contributed by atoms with Gasteiger partial charge in [0.1, 0.15) is 0 Å². The summed E-state index contributed by atoms with van der Waals surface area (Å²) >= 11 is 0. The lowest BCUT2D eigenvalue weighted by Gasteiger charge is -2.27. The smallest absolute Gasteiger partial charge is 0.259 e. The Morgan fingerprint density at radius 1 is 0.213 bits per heavy atom. The van der Waals surface area contributed by atoms with Gasteiger partial charge in [-0.2, -0.15) is 0 Å². The Balaban J connectivity index is 0.878. The van der Waals surface area contributed by atoms with Crippen LogP contribution in [0.15, 0.2) is 200 Å². The molecule has 0 bridgehead atoms. The van der Waals surface area contributed by atoms with E-state index < -0.39 is 0 Å². The van der Waals surface area contributed by atoms with Crippen LogP contribution >= 0.6 is 0 Å². The number of carbonyl (C=O) groups excluding carboxylic acids is 6. The van der Waals surface area contributed by atoms with Crippen molar-refractivity contribution in [2.45, 2.75) is 237 Å². The summed E-state index contributed by atoms with van der Waals surface area (Å²) < 4.78 is 0. The summed E-state index contributed by atoms with van der Waals surface area (Å²) in [5, 5.41) is 0. The second kappa shape index (κ2) is 41.3. The molecule has 6 aliphatic rings. The van der Waals surface area contributed by atoms with Crippen molar-refractivity contribution in [3.63, 3.8) is 0 Å². The van der Waals surface area contributed by atoms with Gasteiger partial charge in [0, 0.05) is 89.7 Å². The predicted molar refractivity (Wildman–Crippen MR) is 531 cm³/mol. The molecule has 6 amide bonds. The molecule has 0 saturated carbocycles. The first kappa shape index (κ1) is 90.6. The van der Waals surface area contributed by atoms with Gasteiger partial charge in [-0.3, -0.25) is 28.8 Å². The number of carbonyl (C=O) groups is 6. The minimum atomic E-state index is -0.131. The van der Waals surface area contributed by atoms with E-state index >= 15 is 28.8 Å². The Morgan fingerprint density at radius 3 is 0.622 bits per heavy atom. The van der Waals surface area contributed by atoms with Gasteiger partial charge >= 0.3 is 0 Å². The predicted octanol–water partition coefficient (Wildman–Crippen LogP) is 28.3. The van der Waals surface area contributed by atoms with Gasteiger partial charge in [-0.25, -0.2) is 0 Å². The molecule has 13 heteroatoms. The molecule has 6 heterocycles. The van der Waals surface area contributed by atoms with Crippen LogP contribution < -0.4 is 34.3 Å². The van der Waals surface area contributed by atoms with Crippen LogP contribution in [0, 0.1) is 35.5 Å². The van der Waals surface area contributed by atoms with Crippen molar-refractivity contribution in [2.24, 2.45) is 35.5 Å². The van der Waals surface area contributed by atoms with Crippen molar-refractivity contribution in [1.82, 2.24) is 0 Å². The summed E-state index contributed by atoms with van der Waals surface area (Å²) in [4.78, 5) is 108. The van der Waals surface area contributed by atoms with Crippen molar-refractivity contribution in [3.05, 3.63) is 234 Å². The third-order valence-corrected chi connectivity index (χ3v) is 28.8. The molecule has 6 atom stereocenters. The third-order valence-electron chi connectivity index (χ3n) is 28.8. The Labute approximate surface area is 757 Å². The van der Waals surface area contributed by atoms with Gasteiger partial charge in [-0.05, 0) is 180 Å². The molecule has 127 heavy (non-hydrogen) atoms. The van der Waals surface area contributed by atoms with Gasteiger partial charge in [-0.1, -0.05) is 326 Å². The highest BCUT2D eigenvalue weighted by Crippen LogP contribution is 2.54. The third kappa shape index (κ3) is 18.3. The SMILES string of the molecule is CCCCC(CC)CN1C(=O)/C(=C2\C(=O)N(CC(CC)CCCC)c3cc(-c4cccc(N(c5cccc(-c6ccc7c(c6)N(CC(CC)CCCC)C(=O)/C7=C6\C(=O)N(CC(CC)CCCC)c7ccccc76)c5)c5cccc(-c6ccc7c(c6)N(CC(CC)CCCC)C(=O)/C7=C6/C(=O)N(CC(CC)CCCC)c7ccccc76)c5)c4)ccc32)c2ccccc21. The summed E-state index contributed by atoms with van der Waals surface area (Å²) in [5.74, 6) is 0.976. The van der Waals surface area contributed by atoms with Gasteiger partial charge in [0.25, 0.3) is 35.4 Å². The van der Waals surface area contributed by atoms with Crippen molar-refractivity contribution in [2.75, 3.05) is 73.6 Å². The number of unbranched alkanes of at least 4 members (excludes halogenated alkanes) is 6. The van der Waals surface area contributed by atoms with Crippen LogP contribution in [0.2, 0.25) is 0 Å². The zero-order valence-electron chi connectivity index (χ0n) is 77.8. The minimum Gasteiger partial charge on any atom is -0.310 e. The standard InChI is InChI=1S/C114H135N7O6/c1-13-25-40-76(19-7)70-115-97-55-34-31-52-91(97)103(109(115)122)106-94-61-58-85(67-100(94)118(112(106)125)73-79(22-10)43-28-16-4)82-46-37-49-88(64-82)121(89-50-38-47-83(65-89)86-59-62-95-101(68-86)119(74-80(23-11)44-29-17-5)113(126)107(95)104-92-53-32-35-56-98(92)116(110(104)123)71-77(20-8)41-26-14-2)90-51-39-48-84(66-90)87-60-63-96-102(69-87)120(75-81(24-12)45-30-18-6)114(127)108(96)105-93-54-33-36-57-99(93)117(111(105)124)72-78(21-9)42-27-15-3/h31-39,46-69,76-81H,13-30,40-45,70-75H2,1-12H3/b106-103-,107-104-,108-105+. The summed E-state index contributed by atoms with van der Waals surface area (Å²) in [5.41, 5.74) is 20.9. The van der Waals surface area contributed by atoms with E-state index in [4.69, 9.17) is 0 Å². The first-order chi connectivity index (χ1) is 62.0. The first-order valence-corrected chi connectivity index (χ1v) is 49.0. The number of benzene rings is 9. The molecular weight excluding hydrogens is 1560 g/mol. The quantitative estimate of drug-likeness (QED) is 0.0349. The first-order valence-electron chi connectivity index (χ1n) is 49.0. The fraction of sp³-hybridized carbons (Fsp3) is 0.421. The van der Waals surface area contributed by atoms with Crippen LogP contribution in [0.3, 0.4) is 0 Å². The number of hydrogen-bond donors (Lipinski definition) is 0. The second-order valence-corrected chi connectivity index (χ2v) is 37.0. The van der Waals surface area contributed by atoms with E-state index in [2.05, 4.69) is 215 Å². The molecule has 15 rings (SSSR count). The molecule has 0 fully saturated rings. The maximum Gasteiger partial charge on any atom is 0.259 e. The second-order valence-electron chi connectivity index (χ2n) is 37.0. The largest absolute Gasteiger partial charge is 0.310 e. The fourth-order valence-electron chi connectivity index (χ4n) is 20.9. The molecule has 0 aromatic heterocycles. The molecule has 9 aromatic rings. The molecule has 6 unspecified atom stereocenters. The summed E-state index contributed by atoms with van der Waals surface area (Å²) in [6.45, 7) is 30.0. The Kier molecular flexibility index (Phi) is 29.5. The number of anilines is 9. The monoisotopic (exact) mass is 1700 g/mol. The number of nitrogens with zero attached hydrogens (tertiary/aromatic N) is 7. The molecule has 0 saturated heterocycles. The summed E-state index contributed by atoms with van der Waals surface area (Å²) in [6.07, 6.45) is 24.5. The lowest BCUT2D eigenvalue weighted by molar-refractivity contribution is -0.114. The van der Waals surface area contributed by atoms with E-state index in [1.807, 2.05) is 102 Å². The van der Waals surface area contributed by atoms with Crippen molar-refractivity contribution in [3.8, 4) is 33.4 Å². The zero-order chi connectivity index (χ0) is 89.1. The van der Waals surface area contributed by atoms with E-state index in [9.17, 15) is 0 Å². The average molecular weight is 1700 g/mol. The van der Waals surface area contributed by atoms with Crippen LogP contribution in [0.1, 0.15) is 271 Å². The van der Waals surface area contributed by atoms with E-state index in [0.717, 1.165) is 272 Å². The Bertz CT molecular complexity index is 5100. The van der Waals surface area contributed by atoms with Crippen molar-refractivity contribution >= 4 is 120 Å². The zero-order valence-corrected chi connectivity index (χ0v) is 77.8. The molecule has 9 aromatic carbocycles. The van der Waals surface area contributed by atoms with E-state index in [1.165, 1.54) is 0 Å². The molecule has 13 nitrogen and oxygen atoms in total. The molecule has 0 N–H and O–H groups in total. The maximum atomic E-state index is 15.9. The van der Waals surface area contributed by atoms with Crippen LogP contribution in [0.4, 0.5) is 51.2 Å². The lowest BCUT2D eigenvalue weighted by atomic mass is 9.94. The number of amides is 6. The highest BCUT2D eigenvalue weighted by atomic mass is 16.2. The molecule has 6 aliphatic heterocycles. The van der Waals surface area contributed by atoms with Gasteiger partial charge < -0.3 is 34.3 Å². The van der Waals surface area contributed by atoms with Crippen LogP contribution in [0.25, 0.3) is 66.8 Å². The van der Waals surface area contributed by atoms with Crippen LogP contribution in [-0.2, 0) is 28.8 Å².